The number of benzene rings is 2. The van der Waals surface area contributed by atoms with Gasteiger partial charge < -0.3 is 15.9 Å². The minimum Gasteiger partial charge on any atom is -0.507 e. The van der Waals surface area contributed by atoms with Crippen LogP contribution in [0.25, 0.3) is 11.1 Å². The van der Waals surface area contributed by atoms with Crippen LogP contribution in [0.2, 0.25) is 0 Å². The third kappa shape index (κ3) is 4.12. The van der Waals surface area contributed by atoms with E-state index in [2.05, 4.69) is 32.9 Å². The quantitative estimate of drug-likeness (QED) is 0.517. The Morgan fingerprint density at radius 3 is 2.26 bits per heavy atom. The number of nitrogens with two attached hydrogens (primary N) is 1. The molecule has 0 radical (unpaired) electrons. The molecule has 0 saturated heterocycles. The van der Waals surface area contributed by atoms with E-state index in [0.717, 1.165) is 16.7 Å². The van der Waals surface area contributed by atoms with Crippen LogP contribution in [0.1, 0.15) is 55.1 Å². The first-order valence-corrected chi connectivity index (χ1v) is 13.4. The lowest BCUT2D eigenvalue weighted by molar-refractivity contribution is -0.176. The third-order valence-corrected chi connectivity index (χ3v) is 9.13. The fraction of sp³-hybridized carbons (Fsp3) is 0.484. The summed E-state index contributed by atoms with van der Waals surface area (Å²) in [6, 6.07) is 10.5. The number of rotatable bonds is 3. The molecule has 6 unspecified atom stereocenters. The molecule has 0 aliphatic heterocycles. The van der Waals surface area contributed by atoms with E-state index >= 15 is 0 Å². The second-order valence-electron chi connectivity index (χ2n) is 12.7. The predicted molar refractivity (Wildman–Crippen MR) is 145 cm³/mol. The number of phenols is 1. The van der Waals surface area contributed by atoms with Gasteiger partial charge >= 0.3 is 0 Å². The molecule has 0 bridgehead atoms. The Bertz CT molecular complexity index is 1390. The summed E-state index contributed by atoms with van der Waals surface area (Å²) in [7, 11) is 3.34. The second-order valence-corrected chi connectivity index (χ2v) is 12.7. The van der Waals surface area contributed by atoms with E-state index in [0.29, 0.717) is 12.0 Å². The van der Waals surface area contributed by atoms with Crippen molar-refractivity contribution in [3.63, 3.8) is 0 Å². The van der Waals surface area contributed by atoms with E-state index in [1.165, 1.54) is 6.07 Å². The lowest BCUT2D eigenvalue weighted by Gasteiger charge is -2.53. The van der Waals surface area contributed by atoms with Crippen molar-refractivity contribution in [2.75, 3.05) is 14.1 Å². The van der Waals surface area contributed by atoms with Gasteiger partial charge in [-0.2, -0.15) is 0 Å². The second kappa shape index (κ2) is 9.10. The predicted octanol–water partition coefficient (Wildman–Crippen LogP) is 2.65. The number of likely N-dealkylation sites (N-methyl/N-ethyl adjacent to an activating group) is 1. The van der Waals surface area contributed by atoms with Crippen LogP contribution in [0.5, 0.6) is 5.75 Å². The monoisotopic (exact) mass is 532 g/mol. The summed E-state index contributed by atoms with van der Waals surface area (Å²) in [5, 5.41) is 22.5. The molecule has 3 aliphatic rings. The van der Waals surface area contributed by atoms with Crippen LogP contribution in [0, 0.1) is 23.7 Å². The lowest BCUT2D eigenvalue weighted by atomic mass is 9.52. The van der Waals surface area contributed by atoms with Crippen LogP contribution in [0.4, 0.5) is 0 Å². The first kappa shape index (κ1) is 27.2. The molecule has 5 rings (SSSR count). The van der Waals surface area contributed by atoms with E-state index in [4.69, 9.17) is 5.73 Å². The number of aromatic hydroxyl groups is 1. The van der Waals surface area contributed by atoms with Crippen LogP contribution in [0.15, 0.2) is 36.4 Å². The topological polar surface area (TPSA) is 138 Å². The van der Waals surface area contributed by atoms with E-state index in [9.17, 15) is 29.4 Å². The maximum atomic E-state index is 13.9. The molecule has 0 spiro atoms. The van der Waals surface area contributed by atoms with Crippen molar-refractivity contribution in [1.29, 1.82) is 0 Å². The SMILES string of the molecule is CN(C)C1C(=O)C(C(N)=O)CC2(O)C(=O)C3C(=O)c4c(O)ccc(-c5ccc(C(C)(C)C)cc5)c4CC3CC12. The Hall–Kier alpha value is -3.36. The number of fused-ring (bicyclic) bond motifs is 3. The fourth-order valence-electron chi connectivity index (χ4n) is 7.13. The van der Waals surface area contributed by atoms with Gasteiger partial charge in [-0.05, 0) is 66.6 Å². The fourth-order valence-corrected chi connectivity index (χ4v) is 7.13. The molecule has 0 aromatic heterocycles. The number of phenolic OH excluding ortho intramolecular Hbond substituents is 1. The lowest BCUT2D eigenvalue weighted by Crippen LogP contribution is -2.69. The van der Waals surface area contributed by atoms with E-state index in [1.54, 1.807) is 25.1 Å². The number of hydrogen-bond acceptors (Lipinski definition) is 7. The van der Waals surface area contributed by atoms with Crippen LogP contribution in [-0.2, 0) is 26.2 Å². The molecule has 206 valence electrons. The zero-order chi connectivity index (χ0) is 28.6. The number of carbonyl (C=O) groups excluding carboxylic acids is 4. The first-order chi connectivity index (χ1) is 18.2. The van der Waals surface area contributed by atoms with Gasteiger partial charge in [0.05, 0.1) is 17.5 Å². The molecule has 2 aromatic carbocycles. The zero-order valence-corrected chi connectivity index (χ0v) is 23.0. The maximum absolute atomic E-state index is 13.9. The van der Waals surface area contributed by atoms with Crippen molar-refractivity contribution in [2.24, 2.45) is 29.4 Å². The minimum absolute atomic E-state index is 0.0245. The number of hydrogen-bond donors (Lipinski definition) is 3. The van der Waals surface area contributed by atoms with Crippen molar-refractivity contribution >= 4 is 23.3 Å². The largest absolute Gasteiger partial charge is 0.507 e. The van der Waals surface area contributed by atoms with Crippen LogP contribution >= 0.6 is 0 Å². The zero-order valence-electron chi connectivity index (χ0n) is 23.0. The third-order valence-electron chi connectivity index (χ3n) is 9.13. The highest BCUT2D eigenvalue weighted by molar-refractivity contribution is 6.18. The van der Waals surface area contributed by atoms with Crippen molar-refractivity contribution < 1.29 is 29.4 Å². The van der Waals surface area contributed by atoms with Crippen LogP contribution in [0.3, 0.4) is 0 Å². The van der Waals surface area contributed by atoms with Gasteiger partial charge in [-0.15, -0.1) is 0 Å². The van der Waals surface area contributed by atoms with Gasteiger partial charge in [0.25, 0.3) is 0 Å². The summed E-state index contributed by atoms with van der Waals surface area (Å²) in [5.74, 6) is -6.47. The molecule has 6 atom stereocenters. The van der Waals surface area contributed by atoms with Gasteiger partial charge in [0, 0.05) is 12.3 Å². The van der Waals surface area contributed by atoms with Crippen LogP contribution in [-0.4, -0.2) is 64.1 Å². The Kier molecular flexibility index (Phi) is 6.35. The number of ketones is 3. The standard InChI is InChI=1S/C31H36N2O6/c1-30(2,3)17-8-6-15(7-9-17)18-10-11-22(34)24-19(18)12-16-13-21-25(33(4)5)26(35)20(29(32)38)14-31(21,39)28(37)23(16)27(24)36/h6-11,16,20-21,23,25,34,39H,12-14H2,1-5H3,(H2,32,38). The van der Waals surface area contributed by atoms with E-state index in [1.807, 2.05) is 12.1 Å². The number of Topliss-reactive ketones (excluding diaryl/α,β-unsaturated/α-hetero) is 3. The highest BCUT2D eigenvalue weighted by atomic mass is 16.3. The smallest absolute Gasteiger partial charge is 0.228 e. The Morgan fingerprint density at radius 2 is 1.69 bits per heavy atom. The van der Waals surface area contributed by atoms with Crippen LogP contribution < -0.4 is 5.73 Å². The average molecular weight is 533 g/mol. The highest BCUT2D eigenvalue weighted by Crippen LogP contribution is 2.52. The molecular weight excluding hydrogens is 496 g/mol. The van der Waals surface area contributed by atoms with Crippen molar-refractivity contribution in [2.45, 2.75) is 57.1 Å². The van der Waals surface area contributed by atoms with Gasteiger partial charge in [-0.1, -0.05) is 51.1 Å². The molecular formula is C31H36N2O6. The summed E-state index contributed by atoms with van der Waals surface area (Å²) in [6.45, 7) is 6.40. The highest BCUT2D eigenvalue weighted by Gasteiger charge is 2.64. The van der Waals surface area contributed by atoms with Crippen molar-refractivity contribution in [1.82, 2.24) is 4.90 Å². The molecule has 3 aliphatic carbocycles. The molecule has 8 nitrogen and oxygen atoms in total. The molecule has 0 heterocycles. The average Bonchev–Trinajstić information content (AvgIpc) is 2.84. The number of nitrogens with zero attached hydrogens (tertiary/aromatic N) is 1. The number of carbonyl (C=O) groups is 4. The van der Waals surface area contributed by atoms with Gasteiger partial charge in [0.15, 0.2) is 17.3 Å². The summed E-state index contributed by atoms with van der Waals surface area (Å²) >= 11 is 0. The molecule has 8 heteroatoms. The number of primary amides is 1. The maximum Gasteiger partial charge on any atom is 0.228 e. The summed E-state index contributed by atoms with van der Waals surface area (Å²) in [4.78, 5) is 54.8. The summed E-state index contributed by atoms with van der Waals surface area (Å²) in [6.07, 6.45) is 0.156. The molecule has 1 amide bonds. The first-order valence-electron chi connectivity index (χ1n) is 13.4. The van der Waals surface area contributed by atoms with Gasteiger partial charge in [0.2, 0.25) is 5.91 Å². The van der Waals surface area contributed by atoms with Gasteiger partial charge in [0.1, 0.15) is 17.3 Å². The molecule has 2 fully saturated rings. The van der Waals surface area contributed by atoms with Gasteiger partial charge in [-0.25, -0.2) is 0 Å². The van der Waals surface area contributed by atoms with Crippen molar-refractivity contribution in [3.05, 3.63) is 53.1 Å². The van der Waals surface area contributed by atoms with E-state index < -0.39 is 65.0 Å². The van der Waals surface area contributed by atoms with E-state index in [-0.39, 0.29) is 23.1 Å². The Balaban J connectivity index is 1.60. The number of aliphatic hydroxyl groups is 1. The summed E-state index contributed by atoms with van der Waals surface area (Å²) < 4.78 is 0. The molecule has 39 heavy (non-hydrogen) atoms. The minimum atomic E-state index is -2.05. The molecule has 4 N–H and O–H groups in total. The molecule has 2 saturated carbocycles. The normalized spacial score (nSPS) is 30.5. The Labute approximate surface area is 228 Å². The van der Waals surface area contributed by atoms with Crippen molar-refractivity contribution in [3.8, 4) is 16.9 Å². The molecule has 2 aromatic rings. The summed E-state index contributed by atoms with van der Waals surface area (Å²) in [5.41, 5.74) is 7.06. The van der Waals surface area contributed by atoms with Gasteiger partial charge in [-0.3, -0.25) is 24.1 Å². The Morgan fingerprint density at radius 1 is 1.05 bits per heavy atom. The number of amides is 1.